The molecule has 96 valence electrons. The fourth-order valence-corrected chi connectivity index (χ4v) is 2.41. The lowest BCUT2D eigenvalue weighted by Gasteiger charge is -2.03. The minimum Gasteiger partial charge on any atom is -0.330 e. The van der Waals surface area contributed by atoms with Gasteiger partial charge in [0, 0.05) is 6.26 Å². The molecule has 5 nitrogen and oxygen atoms in total. The molecule has 0 aliphatic heterocycles. The fraction of sp³-hybridized carbons (Fsp3) is 0.250. The second-order valence-corrected chi connectivity index (χ2v) is 6.12. The number of nitrogens with two attached hydrogens (primary N) is 1. The number of aromatic nitrogens is 2. The molecule has 0 atom stereocenters. The number of nitrogens with zero attached hydrogens (tertiary/aromatic N) is 1. The SMILES string of the molecule is CS(=O)(=O)c1ccc(-c2[nH]ncc2CCN)cc1. The number of aromatic amines is 1. The van der Waals surface area contributed by atoms with E-state index in [1.54, 1.807) is 30.5 Å². The summed E-state index contributed by atoms with van der Waals surface area (Å²) in [5, 5.41) is 6.90. The summed E-state index contributed by atoms with van der Waals surface area (Å²) in [6, 6.07) is 6.73. The van der Waals surface area contributed by atoms with E-state index in [0.717, 1.165) is 23.2 Å². The molecule has 0 amide bonds. The first-order chi connectivity index (χ1) is 8.52. The van der Waals surface area contributed by atoms with Gasteiger partial charge in [-0.2, -0.15) is 5.10 Å². The van der Waals surface area contributed by atoms with Gasteiger partial charge in [-0.3, -0.25) is 5.10 Å². The Morgan fingerprint density at radius 1 is 1.28 bits per heavy atom. The van der Waals surface area contributed by atoms with Gasteiger partial charge in [-0.15, -0.1) is 0 Å². The molecule has 0 aliphatic carbocycles. The van der Waals surface area contributed by atoms with Crippen molar-refractivity contribution < 1.29 is 8.42 Å². The second-order valence-electron chi connectivity index (χ2n) is 4.11. The van der Waals surface area contributed by atoms with Crippen LogP contribution in [-0.2, 0) is 16.3 Å². The number of rotatable bonds is 4. The summed E-state index contributed by atoms with van der Waals surface area (Å²) >= 11 is 0. The maximum atomic E-state index is 11.4. The minimum atomic E-state index is -3.15. The molecule has 0 bridgehead atoms. The zero-order chi connectivity index (χ0) is 13.2. The van der Waals surface area contributed by atoms with Crippen LogP contribution in [0.25, 0.3) is 11.3 Å². The third-order valence-electron chi connectivity index (χ3n) is 2.70. The van der Waals surface area contributed by atoms with E-state index < -0.39 is 9.84 Å². The van der Waals surface area contributed by atoms with Crippen LogP contribution < -0.4 is 5.73 Å². The Bertz CT molecular complexity index is 630. The largest absolute Gasteiger partial charge is 0.330 e. The van der Waals surface area contributed by atoms with Gasteiger partial charge in [0.25, 0.3) is 0 Å². The molecule has 3 N–H and O–H groups in total. The number of sulfone groups is 1. The lowest BCUT2D eigenvalue weighted by Crippen LogP contribution is -2.03. The molecule has 6 heteroatoms. The zero-order valence-electron chi connectivity index (χ0n) is 10.1. The Morgan fingerprint density at radius 2 is 1.94 bits per heavy atom. The fourth-order valence-electron chi connectivity index (χ4n) is 1.77. The van der Waals surface area contributed by atoms with E-state index in [1.807, 2.05) is 0 Å². The van der Waals surface area contributed by atoms with Crippen molar-refractivity contribution in [1.82, 2.24) is 10.2 Å². The molecule has 1 aromatic carbocycles. The van der Waals surface area contributed by atoms with Gasteiger partial charge in [0.15, 0.2) is 9.84 Å². The van der Waals surface area contributed by atoms with Gasteiger partial charge < -0.3 is 5.73 Å². The first kappa shape index (κ1) is 12.8. The van der Waals surface area contributed by atoms with Crippen molar-refractivity contribution in [2.45, 2.75) is 11.3 Å². The molecular weight excluding hydrogens is 250 g/mol. The Hall–Kier alpha value is -1.66. The molecule has 0 spiro atoms. The minimum absolute atomic E-state index is 0.311. The van der Waals surface area contributed by atoms with Gasteiger partial charge in [0.1, 0.15) is 0 Å². The Labute approximate surface area is 106 Å². The lowest BCUT2D eigenvalue weighted by atomic mass is 10.1. The topological polar surface area (TPSA) is 88.8 Å². The van der Waals surface area contributed by atoms with Crippen molar-refractivity contribution in [3.63, 3.8) is 0 Å². The van der Waals surface area contributed by atoms with E-state index in [9.17, 15) is 8.42 Å². The van der Waals surface area contributed by atoms with E-state index in [1.165, 1.54) is 6.26 Å². The average Bonchev–Trinajstić information content (AvgIpc) is 2.77. The van der Waals surface area contributed by atoms with E-state index in [0.29, 0.717) is 11.4 Å². The monoisotopic (exact) mass is 265 g/mol. The summed E-state index contributed by atoms with van der Waals surface area (Å²) in [6.07, 6.45) is 3.67. The van der Waals surface area contributed by atoms with Crippen molar-refractivity contribution in [1.29, 1.82) is 0 Å². The first-order valence-corrected chi connectivity index (χ1v) is 7.44. The summed E-state index contributed by atoms with van der Waals surface area (Å²) in [5.74, 6) is 0. The van der Waals surface area contributed by atoms with E-state index in [4.69, 9.17) is 5.73 Å². The summed E-state index contributed by atoms with van der Waals surface area (Å²) in [7, 11) is -3.15. The van der Waals surface area contributed by atoms with Gasteiger partial charge in [-0.05, 0) is 36.2 Å². The van der Waals surface area contributed by atoms with Crippen molar-refractivity contribution in [2.24, 2.45) is 5.73 Å². The summed E-state index contributed by atoms with van der Waals surface area (Å²) in [4.78, 5) is 0.311. The Morgan fingerprint density at radius 3 is 2.50 bits per heavy atom. The quantitative estimate of drug-likeness (QED) is 0.862. The molecule has 2 rings (SSSR count). The van der Waals surface area contributed by atoms with Gasteiger partial charge >= 0.3 is 0 Å². The smallest absolute Gasteiger partial charge is 0.175 e. The van der Waals surface area contributed by atoms with Crippen LogP contribution in [0.5, 0.6) is 0 Å². The van der Waals surface area contributed by atoms with E-state index >= 15 is 0 Å². The normalized spacial score (nSPS) is 11.7. The molecule has 0 saturated heterocycles. The predicted octanol–water partition coefficient (Wildman–Crippen LogP) is 0.981. The highest BCUT2D eigenvalue weighted by Gasteiger charge is 2.10. The number of hydrogen-bond donors (Lipinski definition) is 2. The second kappa shape index (κ2) is 4.91. The molecule has 18 heavy (non-hydrogen) atoms. The van der Waals surface area contributed by atoms with Crippen molar-refractivity contribution in [3.05, 3.63) is 36.0 Å². The van der Waals surface area contributed by atoms with Gasteiger partial charge in [0.2, 0.25) is 0 Å². The van der Waals surface area contributed by atoms with Crippen LogP contribution in [0.15, 0.2) is 35.4 Å². The molecule has 0 aliphatic rings. The van der Waals surface area contributed by atoms with Gasteiger partial charge in [0.05, 0.1) is 16.8 Å². The number of hydrogen-bond acceptors (Lipinski definition) is 4. The molecular formula is C12H15N3O2S. The van der Waals surface area contributed by atoms with Gasteiger partial charge in [-0.25, -0.2) is 8.42 Å². The lowest BCUT2D eigenvalue weighted by molar-refractivity contribution is 0.602. The van der Waals surface area contributed by atoms with Crippen LogP contribution in [0.3, 0.4) is 0 Å². The average molecular weight is 265 g/mol. The molecule has 0 saturated carbocycles. The maximum Gasteiger partial charge on any atom is 0.175 e. The molecule has 0 unspecified atom stereocenters. The van der Waals surface area contributed by atoms with E-state index in [-0.39, 0.29) is 0 Å². The van der Waals surface area contributed by atoms with Crippen LogP contribution >= 0.6 is 0 Å². The van der Waals surface area contributed by atoms with Crippen molar-refractivity contribution >= 4 is 9.84 Å². The number of benzene rings is 1. The van der Waals surface area contributed by atoms with E-state index in [2.05, 4.69) is 10.2 Å². The Balaban J connectivity index is 2.37. The van der Waals surface area contributed by atoms with Crippen LogP contribution in [0, 0.1) is 0 Å². The molecule has 1 aromatic heterocycles. The third kappa shape index (κ3) is 2.60. The standard InChI is InChI=1S/C12H15N3O2S/c1-18(16,17)11-4-2-9(3-5-11)12-10(6-7-13)8-14-15-12/h2-5,8H,6-7,13H2,1H3,(H,14,15). The van der Waals surface area contributed by atoms with Crippen molar-refractivity contribution in [3.8, 4) is 11.3 Å². The molecule has 2 aromatic rings. The number of H-pyrrole nitrogens is 1. The highest BCUT2D eigenvalue weighted by Crippen LogP contribution is 2.22. The predicted molar refractivity (Wildman–Crippen MR) is 69.9 cm³/mol. The summed E-state index contributed by atoms with van der Waals surface area (Å²) < 4.78 is 22.7. The highest BCUT2D eigenvalue weighted by molar-refractivity contribution is 7.90. The van der Waals surface area contributed by atoms with Gasteiger partial charge in [-0.1, -0.05) is 12.1 Å². The summed E-state index contributed by atoms with van der Waals surface area (Å²) in [5.41, 5.74) is 8.35. The molecule has 0 fully saturated rings. The van der Waals surface area contributed by atoms with Crippen LogP contribution in [0.1, 0.15) is 5.56 Å². The zero-order valence-corrected chi connectivity index (χ0v) is 10.9. The van der Waals surface area contributed by atoms with Crippen molar-refractivity contribution in [2.75, 3.05) is 12.8 Å². The molecule has 0 radical (unpaired) electrons. The Kier molecular flexibility index (Phi) is 3.49. The number of nitrogens with one attached hydrogen (secondary N) is 1. The highest BCUT2D eigenvalue weighted by atomic mass is 32.2. The molecule has 1 heterocycles. The first-order valence-electron chi connectivity index (χ1n) is 5.55. The van der Waals surface area contributed by atoms with Crippen LogP contribution in [0.2, 0.25) is 0 Å². The third-order valence-corrected chi connectivity index (χ3v) is 3.83. The maximum absolute atomic E-state index is 11.4. The van der Waals surface area contributed by atoms with Crippen LogP contribution in [0.4, 0.5) is 0 Å². The van der Waals surface area contributed by atoms with Crippen LogP contribution in [-0.4, -0.2) is 31.4 Å². The summed E-state index contributed by atoms with van der Waals surface area (Å²) in [6.45, 7) is 0.550.